The van der Waals surface area contributed by atoms with Crippen LogP contribution in [0.25, 0.3) is 0 Å². The van der Waals surface area contributed by atoms with Crippen LogP contribution in [0.3, 0.4) is 0 Å². The molecular formula is C16H15NOS. The van der Waals surface area contributed by atoms with Crippen LogP contribution in [0.5, 0.6) is 0 Å². The largest absolute Gasteiger partial charge is 0.351 e. The Labute approximate surface area is 118 Å². The maximum Gasteiger partial charge on any atom is 0.252 e. The van der Waals surface area contributed by atoms with Gasteiger partial charge in [0.15, 0.2) is 0 Å². The van der Waals surface area contributed by atoms with Crippen molar-refractivity contribution in [3.63, 3.8) is 0 Å². The van der Waals surface area contributed by atoms with Crippen molar-refractivity contribution in [1.29, 1.82) is 0 Å². The highest BCUT2D eigenvalue weighted by atomic mass is 32.1. The first-order valence-electron chi connectivity index (χ1n) is 6.39. The molecule has 1 unspecified atom stereocenters. The zero-order valence-corrected chi connectivity index (χ0v) is 11.4. The van der Waals surface area contributed by atoms with Crippen molar-refractivity contribution in [1.82, 2.24) is 5.32 Å². The number of rotatable bonds is 3. The van der Waals surface area contributed by atoms with Gasteiger partial charge in [0.2, 0.25) is 0 Å². The quantitative estimate of drug-likeness (QED) is 0.824. The Morgan fingerprint density at radius 3 is 2.68 bits per heavy atom. The summed E-state index contributed by atoms with van der Waals surface area (Å²) in [7, 11) is 0. The van der Waals surface area contributed by atoms with Gasteiger partial charge in [0.1, 0.15) is 0 Å². The molecule has 0 bridgehead atoms. The molecule has 0 saturated carbocycles. The fourth-order valence-electron chi connectivity index (χ4n) is 2.52. The summed E-state index contributed by atoms with van der Waals surface area (Å²) in [6.45, 7) is 0.692. The fourth-order valence-corrected chi connectivity index (χ4v) is 2.78. The lowest BCUT2D eigenvalue weighted by atomic mass is 9.77. The molecule has 1 aliphatic rings. The van der Waals surface area contributed by atoms with Crippen molar-refractivity contribution < 1.29 is 4.79 Å². The molecule has 2 nitrogen and oxygen atoms in total. The van der Waals surface area contributed by atoms with Gasteiger partial charge < -0.3 is 5.32 Å². The van der Waals surface area contributed by atoms with Crippen LogP contribution in [-0.4, -0.2) is 12.5 Å². The molecule has 0 radical (unpaired) electrons. The number of benzene rings is 2. The van der Waals surface area contributed by atoms with Crippen LogP contribution in [0.2, 0.25) is 0 Å². The van der Waals surface area contributed by atoms with Gasteiger partial charge in [-0.3, -0.25) is 4.79 Å². The highest BCUT2D eigenvalue weighted by Crippen LogP contribution is 2.34. The molecular weight excluding hydrogens is 254 g/mol. The van der Waals surface area contributed by atoms with E-state index in [-0.39, 0.29) is 5.91 Å². The van der Waals surface area contributed by atoms with E-state index >= 15 is 0 Å². The van der Waals surface area contributed by atoms with Gasteiger partial charge in [0.25, 0.3) is 5.91 Å². The third-order valence-electron chi connectivity index (χ3n) is 3.62. The maximum absolute atomic E-state index is 12.1. The van der Waals surface area contributed by atoms with Crippen LogP contribution in [0.4, 0.5) is 0 Å². The minimum Gasteiger partial charge on any atom is -0.351 e. The topological polar surface area (TPSA) is 29.1 Å². The predicted octanol–water partition coefficient (Wildman–Crippen LogP) is 3.05. The van der Waals surface area contributed by atoms with Crippen molar-refractivity contribution in [2.45, 2.75) is 17.2 Å². The molecule has 0 fully saturated rings. The molecule has 3 heteroatoms. The van der Waals surface area contributed by atoms with Crippen molar-refractivity contribution in [3.05, 3.63) is 65.2 Å². The molecule has 1 atom stereocenters. The van der Waals surface area contributed by atoms with Crippen LogP contribution >= 0.6 is 12.6 Å². The van der Waals surface area contributed by atoms with E-state index in [2.05, 4.69) is 42.2 Å². The molecule has 0 aromatic heterocycles. The highest BCUT2D eigenvalue weighted by Gasteiger charge is 2.25. The summed E-state index contributed by atoms with van der Waals surface area (Å²) in [5, 5.41) is 2.99. The summed E-state index contributed by atoms with van der Waals surface area (Å²) in [5.74, 6) is 0.405. The van der Waals surface area contributed by atoms with E-state index in [9.17, 15) is 4.79 Å². The molecule has 19 heavy (non-hydrogen) atoms. The Morgan fingerprint density at radius 2 is 1.89 bits per heavy atom. The second-order valence-corrected chi connectivity index (χ2v) is 5.31. The highest BCUT2D eigenvalue weighted by molar-refractivity contribution is 7.80. The standard InChI is InChI=1S/C16H15NOS/c18-16(14-7-3-4-8-15(14)19)17-10-12-9-11-5-1-2-6-13(11)12/h1-8,12,19H,9-10H2,(H,17,18). The van der Waals surface area contributed by atoms with E-state index in [1.165, 1.54) is 11.1 Å². The first kappa shape index (κ1) is 12.3. The van der Waals surface area contributed by atoms with Gasteiger partial charge in [-0.25, -0.2) is 0 Å². The molecule has 1 N–H and O–H groups in total. The number of hydrogen-bond donors (Lipinski definition) is 2. The molecule has 2 aromatic carbocycles. The number of fused-ring (bicyclic) bond motifs is 1. The monoisotopic (exact) mass is 269 g/mol. The minimum absolute atomic E-state index is 0.0463. The average Bonchev–Trinajstić information content (AvgIpc) is 2.40. The van der Waals surface area contributed by atoms with Crippen LogP contribution in [0.15, 0.2) is 53.4 Å². The van der Waals surface area contributed by atoms with Gasteiger partial charge in [-0.15, -0.1) is 12.6 Å². The van der Waals surface area contributed by atoms with Gasteiger partial charge in [0, 0.05) is 17.4 Å². The zero-order valence-electron chi connectivity index (χ0n) is 10.5. The number of nitrogens with one attached hydrogen (secondary N) is 1. The van der Waals surface area contributed by atoms with Crippen LogP contribution in [0, 0.1) is 0 Å². The number of hydrogen-bond acceptors (Lipinski definition) is 2. The van der Waals surface area contributed by atoms with Gasteiger partial charge in [-0.1, -0.05) is 36.4 Å². The smallest absolute Gasteiger partial charge is 0.252 e. The molecule has 0 heterocycles. The number of amides is 1. The second kappa shape index (κ2) is 5.10. The Hall–Kier alpha value is -1.74. The maximum atomic E-state index is 12.1. The van der Waals surface area contributed by atoms with Crippen LogP contribution in [-0.2, 0) is 6.42 Å². The van der Waals surface area contributed by atoms with Crippen molar-refractivity contribution >= 4 is 18.5 Å². The Morgan fingerprint density at radius 1 is 1.16 bits per heavy atom. The first-order chi connectivity index (χ1) is 9.25. The van der Waals surface area contributed by atoms with Crippen molar-refractivity contribution in [2.24, 2.45) is 0 Å². The molecule has 1 aliphatic carbocycles. The van der Waals surface area contributed by atoms with E-state index in [0.717, 1.165) is 6.42 Å². The summed E-state index contributed by atoms with van der Waals surface area (Å²) in [5.41, 5.74) is 3.40. The summed E-state index contributed by atoms with van der Waals surface area (Å²) in [4.78, 5) is 12.8. The van der Waals surface area contributed by atoms with Gasteiger partial charge in [0.05, 0.1) is 5.56 Å². The van der Waals surface area contributed by atoms with Gasteiger partial charge in [-0.05, 0) is 29.7 Å². The average molecular weight is 269 g/mol. The SMILES string of the molecule is O=C(NCC1Cc2ccccc21)c1ccccc1S. The third kappa shape index (κ3) is 2.38. The Bertz CT molecular complexity index is 624. The van der Waals surface area contributed by atoms with Crippen molar-refractivity contribution in [3.8, 4) is 0 Å². The van der Waals surface area contributed by atoms with E-state index in [1.807, 2.05) is 18.2 Å². The van der Waals surface area contributed by atoms with E-state index in [0.29, 0.717) is 22.9 Å². The fraction of sp³-hybridized carbons (Fsp3) is 0.188. The van der Waals surface area contributed by atoms with E-state index < -0.39 is 0 Å². The lowest BCUT2D eigenvalue weighted by molar-refractivity contribution is 0.0947. The zero-order chi connectivity index (χ0) is 13.2. The molecule has 0 saturated heterocycles. The molecule has 3 rings (SSSR count). The summed E-state index contributed by atoms with van der Waals surface area (Å²) in [6.07, 6.45) is 1.05. The van der Waals surface area contributed by atoms with E-state index in [4.69, 9.17) is 0 Å². The van der Waals surface area contributed by atoms with Crippen LogP contribution < -0.4 is 5.32 Å². The summed E-state index contributed by atoms with van der Waals surface area (Å²) >= 11 is 4.30. The van der Waals surface area contributed by atoms with Gasteiger partial charge >= 0.3 is 0 Å². The summed E-state index contributed by atoms with van der Waals surface area (Å²) in [6, 6.07) is 15.8. The lowest BCUT2D eigenvalue weighted by Crippen LogP contribution is -2.33. The lowest BCUT2D eigenvalue weighted by Gasteiger charge is -2.30. The Balaban J connectivity index is 1.63. The molecule has 0 spiro atoms. The second-order valence-electron chi connectivity index (χ2n) is 4.83. The summed E-state index contributed by atoms with van der Waals surface area (Å²) < 4.78 is 0. The van der Waals surface area contributed by atoms with E-state index in [1.54, 1.807) is 6.07 Å². The first-order valence-corrected chi connectivity index (χ1v) is 6.84. The molecule has 0 aliphatic heterocycles. The number of carbonyl (C=O) groups excluding carboxylic acids is 1. The predicted molar refractivity (Wildman–Crippen MR) is 78.9 cm³/mol. The van der Waals surface area contributed by atoms with Crippen molar-refractivity contribution in [2.75, 3.05) is 6.54 Å². The third-order valence-corrected chi connectivity index (χ3v) is 4.01. The Kier molecular flexibility index (Phi) is 3.30. The number of carbonyl (C=O) groups is 1. The molecule has 1 amide bonds. The van der Waals surface area contributed by atoms with Crippen LogP contribution in [0.1, 0.15) is 27.4 Å². The normalized spacial score (nSPS) is 16.4. The van der Waals surface area contributed by atoms with Gasteiger partial charge in [-0.2, -0.15) is 0 Å². The number of thiol groups is 1. The molecule has 96 valence electrons. The molecule has 2 aromatic rings. The minimum atomic E-state index is -0.0463.